The second-order valence-electron chi connectivity index (χ2n) is 36.8. The third-order valence-electron chi connectivity index (χ3n) is 24.8. The number of primary amides is 1. The SMILES string of the molecule is COCCOCCOCCOCCOCCOCCOCCOCCOCCOCCOCCOCCn1cc([C@@H](CC(=O)C[C@H](C(=O)N[C@@H](CCCNC(N)=O)C(=O)Nc2ccc(COC(=O)N(CCOC34CC(C)CC(C)(CC(C)(Cn5ncc(-c6ccc(N7CCc8cccc(C(=O)Nc9nc%10ccccc%10s9)c8C7)nc6C(=O)O)c5C)C3)C4)CCS(=O)(=O)O)cc2)C(C)C)N2C(=O)C=CC2=O)nn1. The second kappa shape index (κ2) is 56.5. The molecule has 3 aromatic carbocycles. The molecular formula is C98H137N15O27S2. The number of urea groups is 1. The summed E-state index contributed by atoms with van der Waals surface area (Å²) in [6, 6.07) is 19.9. The van der Waals surface area contributed by atoms with E-state index >= 15 is 0 Å². The number of hydrogen-bond donors (Lipinski definition) is 7. The highest BCUT2D eigenvalue weighted by molar-refractivity contribution is 7.85. The van der Waals surface area contributed by atoms with Crippen molar-refractivity contribution >= 4 is 102 Å². The first-order chi connectivity index (χ1) is 68.4. The number of thiazole rings is 1. The Morgan fingerprint density at radius 2 is 1.28 bits per heavy atom. The third kappa shape index (κ3) is 35.6. The van der Waals surface area contributed by atoms with E-state index in [1.807, 2.05) is 59.0 Å². The van der Waals surface area contributed by atoms with Crippen molar-refractivity contribution in [1.29, 1.82) is 0 Å². The highest BCUT2D eigenvalue weighted by Crippen LogP contribution is 2.60. The molecule has 11 rings (SSSR count). The number of imide groups is 1. The fourth-order valence-electron chi connectivity index (χ4n) is 18.7. The summed E-state index contributed by atoms with van der Waals surface area (Å²) >= 11 is 1.39. The van der Waals surface area contributed by atoms with E-state index in [2.05, 4.69) is 57.3 Å². The van der Waals surface area contributed by atoms with Crippen molar-refractivity contribution in [3.05, 3.63) is 143 Å². The van der Waals surface area contributed by atoms with Crippen LogP contribution in [-0.4, -0.2) is 325 Å². The highest BCUT2D eigenvalue weighted by atomic mass is 32.2. The van der Waals surface area contributed by atoms with Gasteiger partial charge in [0.15, 0.2) is 10.8 Å². The number of aromatic carboxylic acids is 1. The quantitative estimate of drug-likeness (QED) is 0.0106. The van der Waals surface area contributed by atoms with Gasteiger partial charge in [0.1, 0.15) is 29.9 Å². The Morgan fingerprint density at radius 3 is 1.87 bits per heavy atom. The molecule has 7 aromatic rings. The van der Waals surface area contributed by atoms with Gasteiger partial charge >= 0.3 is 18.1 Å². The van der Waals surface area contributed by atoms with Crippen LogP contribution in [0.1, 0.15) is 147 Å². The highest BCUT2D eigenvalue weighted by Gasteiger charge is 2.56. The molecule has 4 unspecified atom stereocenters. The monoisotopic (exact) mass is 2020 g/mol. The maximum absolute atomic E-state index is 14.4. The Hall–Kier alpha value is -10.8. The third-order valence-corrected chi connectivity index (χ3v) is 26.4. The molecule has 2 aliphatic carbocycles. The van der Waals surface area contributed by atoms with Gasteiger partial charge in [-0.05, 0) is 140 Å². The van der Waals surface area contributed by atoms with Gasteiger partial charge in [0.25, 0.3) is 27.8 Å². The topological polar surface area (TPSA) is 516 Å². The minimum absolute atomic E-state index is 0.000212. The number of para-hydroxylation sites is 1. The van der Waals surface area contributed by atoms with Gasteiger partial charge in [-0.1, -0.05) is 87.6 Å². The van der Waals surface area contributed by atoms with E-state index < -0.39 is 111 Å². The summed E-state index contributed by atoms with van der Waals surface area (Å²) in [6.07, 6.45) is 8.19. The lowest BCUT2D eigenvalue weighted by molar-refractivity contribution is -0.179. The molecule has 4 aliphatic rings. The van der Waals surface area contributed by atoms with Gasteiger partial charge in [0.05, 0.1) is 205 Å². The first-order valence-electron chi connectivity index (χ1n) is 48.2. The fourth-order valence-corrected chi connectivity index (χ4v) is 20.0. The van der Waals surface area contributed by atoms with E-state index in [1.54, 1.807) is 63.6 Å². The van der Waals surface area contributed by atoms with Crippen LogP contribution in [0, 0.1) is 35.5 Å². The average Bonchev–Trinajstić information content (AvgIpc) is 1.13. The number of benzene rings is 3. The molecule has 2 fully saturated rings. The number of carboxylic acids is 1. The molecule has 6 heterocycles. The normalized spacial score (nSPS) is 18.0. The summed E-state index contributed by atoms with van der Waals surface area (Å²) < 4.78 is 117. The van der Waals surface area contributed by atoms with Gasteiger partial charge in [-0.2, -0.15) is 13.5 Å². The zero-order valence-corrected chi connectivity index (χ0v) is 83.7. The lowest BCUT2D eigenvalue weighted by Gasteiger charge is -2.58. The molecule has 4 aromatic heterocycles. The van der Waals surface area contributed by atoms with Crippen molar-refractivity contribution < 1.29 is 128 Å². The number of methoxy groups -OCH3 is 1. The van der Waals surface area contributed by atoms with Crippen molar-refractivity contribution in [2.75, 3.05) is 213 Å². The van der Waals surface area contributed by atoms with Gasteiger partial charge < -0.3 is 103 Å². The van der Waals surface area contributed by atoms with Crippen LogP contribution < -0.4 is 31.9 Å². The standard InChI is InChI=1S/C98H137N15O27S2/c1-68(2)77(56-74(114)57-83(113-86(115)23-24-87(113)116)82-62-111(108-107-82)29-31-128-35-36-130-39-40-132-43-44-134-47-48-136-51-52-138-54-53-137-50-49-135-46-45-133-42-41-131-38-37-129-34-33-127-7)90(118)103-81(15-11-26-100-93(99)122)91(119)102-73-19-17-71(18-20-73)63-139-95(123)109(30-55-142(124,125)126)28-32-140-98-59-69(3)58-96(5,65-98)64-97(6,66-98)67-112-70(4)78(60-101-112)75-21-22-85(105-88(75)92(120)121)110-27-25-72-12-10-13-76(79(72)61-110)89(117)106-94-104-80-14-8-9-16-84(80)141-94/h8-10,12-14,16-24,60,62,68-69,77,81,83H,11,15,25-59,61,63-67H2,1-7H3,(H,102,119)(H,103,118)(H,120,121)(H3,99,100,122)(H,104,106,117)(H,124,125,126)/t69?,77-,81-,83+,96?,97?,98?/m0/s1. The summed E-state index contributed by atoms with van der Waals surface area (Å²) in [5.74, 6) is -6.25. The maximum Gasteiger partial charge on any atom is 0.410 e. The lowest BCUT2D eigenvalue weighted by atomic mass is 9.51. The number of anilines is 3. The predicted octanol–water partition coefficient (Wildman–Crippen LogP) is 8.86. The second-order valence-corrected chi connectivity index (χ2v) is 39.4. The van der Waals surface area contributed by atoms with Crippen LogP contribution in [0.3, 0.4) is 0 Å². The number of nitrogens with zero attached hydrogens (tertiary/aromatic N) is 10. The predicted molar refractivity (Wildman–Crippen MR) is 522 cm³/mol. The van der Waals surface area contributed by atoms with Crippen LogP contribution in [0.25, 0.3) is 21.3 Å². The molecule has 0 radical (unpaired) electrons. The number of Topliss-reactive ketones (excluding diaryl/α,β-unsaturated/α-hetero) is 1. The molecule has 142 heavy (non-hydrogen) atoms. The number of fused-ring (bicyclic) bond motifs is 4. The number of aromatic nitrogens is 7. The van der Waals surface area contributed by atoms with Crippen molar-refractivity contribution in [3.63, 3.8) is 0 Å². The number of ether oxygens (including phenoxy) is 14. The number of pyridine rings is 1. The Kier molecular flexibility index (Phi) is 44.4. The Labute approximate surface area is 831 Å². The van der Waals surface area contributed by atoms with Gasteiger partial charge in [-0.3, -0.25) is 48.2 Å². The zero-order chi connectivity index (χ0) is 101. The summed E-state index contributed by atoms with van der Waals surface area (Å²) in [5.41, 5.74) is 9.65. The van der Waals surface area contributed by atoms with Crippen molar-refractivity contribution in [2.45, 2.75) is 150 Å². The van der Waals surface area contributed by atoms with Crippen molar-refractivity contribution in [3.8, 4) is 11.1 Å². The van der Waals surface area contributed by atoms with Crippen molar-refractivity contribution in [2.24, 2.45) is 34.3 Å². The number of carbonyl (C=O) groups excluding carboxylic acids is 8. The number of ketones is 1. The summed E-state index contributed by atoms with van der Waals surface area (Å²) in [6.45, 7) is 22.4. The molecule has 2 bridgehead atoms. The number of nitrogens with two attached hydrogens (primary N) is 1. The number of rotatable bonds is 67. The molecule has 42 nitrogen and oxygen atoms in total. The van der Waals surface area contributed by atoms with Crippen LogP contribution in [0.15, 0.2) is 103 Å². The molecule has 2 saturated carbocycles. The van der Waals surface area contributed by atoms with Gasteiger partial charge in [-0.25, -0.2) is 29.0 Å². The van der Waals surface area contributed by atoms with Crippen LogP contribution in [-0.2, 0) is 133 Å². The minimum atomic E-state index is -4.56. The largest absolute Gasteiger partial charge is 0.476 e. The van der Waals surface area contributed by atoms with E-state index in [4.69, 9.17) is 82.1 Å². The first kappa shape index (κ1) is 112. The molecule has 8 N–H and O–H groups in total. The molecule has 44 heteroatoms. The van der Waals surface area contributed by atoms with E-state index in [-0.39, 0.29) is 106 Å². The molecule has 8 amide bonds. The number of carbonyl (C=O) groups is 9. The van der Waals surface area contributed by atoms with E-state index in [0.717, 1.165) is 56.9 Å². The van der Waals surface area contributed by atoms with Crippen LogP contribution in [0.5, 0.6) is 0 Å². The first-order valence-corrected chi connectivity index (χ1v) is 50.6. The number of nitrogens with one attached hydrogen (secondary N) is 4. The molecule has 7 atom stereocenters. The summed E-state index contributed by atoms with van der Waals surface area (Å²) in [7, 11) is -2.93. The smallest absolute Gasteiger partial charge is 0.410 e. The Bertz CT molecular complexity index is 5360. The van der Waals surface area contributed by atoms with E-state index in [1.165, 1.54) is 27.1 Å². The van der Waals surface area contributed by atoms with E-state index in [9.17, 15) is 61.2 Å². The molecule has 778 valence electrons. The van der Waals surface area contributed by atoms with Crippen LogP contribution in [0.2, 0.25) is 0 Å². The molecular weight excluding hydrogens is 1880 g/mol. The van der Waals surface area contributed by atoms with Crippen molar-refractivity contribution in [1.82, 2.24) is 55.2 Å². The zero-order valence-electron chi connectivity index (χ0n) is 82.1. The molecule has 0 saturated heterocycles. The van der Waals surface area contributed by atoms with Crippen LogP contribution in [0.4, 0.5) is 26.2 Å². The number of carboxylic acid groups (broad SMARTS) is 1. The van der Waals surface area contributed by atoms with Crippen LogP contribution >= 0.6 is 11.3 Å². The number of amides is 8. The fraction of sp³-hybridized carbons (Fsp3) is 0.592. The Morgan fingerprint density at radius 1 is 0.676 bits per heavy atom. The van der Waals surface area contributed by atoms with Gasteiger partial charge in [0.2, 0.25) is 11.8 Å². The Balaban J connectivity index is 0.595. The van der Waals surface area contributed by atoms with Gasteiger partial charge in [0, 0.05) is 105 Å². The number of hydrogen-bond acceptors (Lipinski definition) is 32. The average molecular weight is 2020 g/mol. The lowest BCUT2D eigenvalue weighted by Crippen LogP contribution is -2.55. The van der Waals surface area contributed by atoms with Gasteiger partial charge in [-0.15, -0.1) is 5.10 Å². The molecule has 0 spiro atoms. The summed E-state index contributed by atoms with van der Waals surface area (Å²) in [5, 5.41) is 35.7. The molecule has 2 aliphatic heterocycles. The summed E-state index contributed by atoms with van der Waals surface area (Å²) in [4.78, 5) is 136. The minimum Gasteiger partial charge on any atom is -0.476 e. The van der Waals surface area contributed by atoms with E-state index in [0.29, 0.717) is 211 Å². The maximum atomic E-state index is 14.4.